The van der Waals surface area contributed by atoms with Crippen LogP contribution in [0.5, 0.6) is 0 Å². The Hall–Kier alpha value is -2.66. The molecule has 4 bridgehead atoms. The average Bonchev–Trinajstić information content (AvgIpc) is 2.77. The van der Waals surface area contributed by atoms with Crippen molar-refractivity contribution in [1.29, 1.82) is 0 Å². The summed E-state index contributed by atoms with van der Waals surface area (Å²) in [6.45, 7) is 0.827. The molecule has 4 fully saturated rings. The van der Waals surface area contributed by atoms with Crippen molar-refractivity contribution in [3.05, 3.63) is 71.3 Å². The van der Waals surface area contributed by atoms with Gasteiger partial charge in [0.25, 0.3) is 5.91 Å². The van der Waals surface area contributed by atoms with Gasteiger partial charge in [-0.3, -0.25) is 14.4 Å². The Balaban J connectivity index is 1.11. The van der Waals surface area contributed by atoms with Gasteiger partial charge in [0.1, 0.15) is 0 Å². The standard InChI is InChI=1S/C26H30N2O3/c29-24(28-31-17-19-4-2-1-3-5-19)23-8-6-18(7-9-23)16-27-25(30)26-13-20-10-21(14-26)12-22(11-20)15-26/h1-9,20-22H,10-17H2,(H,27,30)(H,28,29). The number of hydrogen-bond donors (Lipinski definition) is 2. The summed E-state index contributed by atoms with van der Waals surface area (Å²) in [7, 11) is 0. The summed E-state index contributed by atoms with van der Waals surface area (Å²) in [5, 5.41) is 3.19. The number of hydroxylamine groups is 1. The number of rotatable bonds is 7. The van der Waals surface area contributed by atoms with Crippen molar-refractivity contribution >= 4 is 11.8 Å². The molecule has 6 rings (SSSR count). The zero-order valence-electron chi connectivity index (χ0n) is 17.8. The lowest BCUT2D eigenvalue weighted by atomic mass is 9.49. The molecule has 2 amide bonds. The highest BCUT2D eigenvalue weighted by Gasteiger charge is 2.54. The predicted octanol–water partition coefficient (Wildman–Crippen LogP) is 4.38. The molecule has 4 saturated carbocycles. The van der Waals surface area contributed by atoms with Crippen molar-refractivity contribution in [2.24, 2.45) is 23.2 Å². The van der Waals surface area contributed by atoms with Gasteiger partial charge in [0, 0.05) is 17.5 Å². The summed E-state index contributed by atoms with van der Waals surface area (Å²) in [6.07, 6.45) is 7.24. The van der Waals surface area contributed by atoms with Gasteiger partial charge in [-0.15, -0.1) is 0 Å². The summed E-state index contributed by atoms with van der Waals surface area (Å²) in [4.78, 5) is 30.7. The Morgan fingerprint density at radius 1 is 0.839 bits per heavy atom. The van der Waals surface area contributed by atoms with Crippen LogP contribution < -0.4 is 10.8 Å². The number of amides is 2. The van der Waals surface area contributed by atoms with Crippen molar-refractivity contribution in [3.63, 3.8) is 0 Å². The molecule has 31 heavy (non-hydrogen) atoms. The van der Waals surface area contributed by atoms with Gasteiger partial charge in [0.15, 0.2) is 0 Å². The maximum absolute atomic E-state index is 13.1. The van der Waals surface area contributed by atoms with E-state index >= 15 is 0 Å². The highest BCUT2D eigenvalue weighted by molar-refractivity contribution is 5.93. The molecule has 4 aliphatic carbocycles. The number of carbonyl (C=O) groups excluding carboxylic acids is 2. The first kappa shape index (κ1) is 20.3. The van der Waals surface area contributed by atoms with Crippen LogP contribution in [0.4, 0.5) is 0 Å². The van der Waals surface area contributed by atoms with E-state index in [0.29, 0.717) is 18.7 Å². The topological polar surface area (TPSA) is 67.4 Å². The molecule has 5 nitrogen and oxygen atoms in total. The maximum Gasteiger partial charge on any atom is 0.274 e. The molecule has 0 aliphatic heterocycles. The molecule has 4 aliphatic rings. The minimum Gasteiger partial charge on any atom is -0.352 e. The molecule has 0 radical (unpaired) electrons. The van der Waals surface area contributed by atoms with Crippen LogP contribution in [0.15, 0.2) is 54.6 Å². The van der Waals surface area contributed by atoms with Crippen LogP contribution >= 0.6 is 0 Å². The van der Waals surface area contributed by atoms with Gasteiger partial charge in [-0.2, -0.15) is 0 Å². The minimum absolute atomic E-state index is 0.120. The number of carbonyl (C=O) groups is 2. The van der Waals surface area contributed by atoms with Crippen LogP contribution in [0, 0.1) is 23.2 Å². The lowest BCUT2D eigenvalue weighted by Gasteiger charge is -2.55. The fourth-order valence-corrected chi connectivity index (χ4v) is 6.35. The fraction of sp³-hybridized carbons (Fsp3) is 0.462. The smallest absolute Gasteiger partial charge is 0.274 e. The second kappa shape index (κ2) is 8.46. The molecule has 2 N–H and O–H groups in total. The van der Waals surface area contributed by atoms with Gasteiger partial charge >= 0.3 is 0 Å². The van der Waals surface area contributed by atoms with Gasteiger partial charge in [-0.25, -0.2) is 5.48 Å². The number of hydrogen-bond acceptors (Lipinski definition) is 3. The van der Waals surface area contributed by atoms with E-state index < -0.39 is 0 Å². The Morgan fingerprint density at radius 3 is 2.06 bits per heavy atom. The molecule has 162 valence electrons. The van der Waals surface area contributed by atoms with Crippen LogP contribution in [-0.4, -0.2) is 11.8 Å². The van der Waals surface area contributed by atoms with Crippen LogP contribution in [0.25, 0.3) is 0 Å². The zero-order chi connectivity index (χ0) is 21.3. The monoisotopic (exact) mass is 418 g/mol. The van der Waals surface area contributed by atoms with Crippen molar-refractivity contribution < 1.29 is 14.4 Å². The van der Waals surface area contributed by atoms with Gasteiger partial charge in [-0.1, -0.05) is 42.5 Å². The van der Waals surface area contributed by atoms with E-state index in [1.165, 1.54) is 19.3 Å². The first-order chi connectivity index (χ1) is 15.1. The quantitative estimate of drug-likeness (QED) is 0.656. The molecule has 5 heteroatoms. The van der Waals surface area contributed by atoms with Crippen LogP contribution in [0.2, 0.25) is 0 Å². The van der Waals surface area contributed by atoms with Gasteiger partial charge < -0.3 is 5.32 Å². The van der Waals surface area contributed by atoms with E-state index in [4.69, 9.17) is 4.84 Å². The molecule has 2 aromatic rings. The van der Waals surface area contributed by atoms with Crippen molar-refractivity contribution in [1.82, 2.24) is 10.8 Å². The van der Waals surface area contributed by atoms with Gasteiger partial charge in [-0.05, 0) is 79.5 Å². The van der Waals surface area contributed by atoms with E-state index in [0.717, 1.165) is 48.1 Å². The van der Waals surface area contributed by atoms with Crippen LogP contribution in [0.3, 0.4) is 0 Å². The third kappa shape index (κ3) is 4.38. The van der Waals surface area contributed by atoms with E-state index in [-0.39, 0.29) is 17.2 Å². The summed E-state index contributed by atoms with van der Waals surface area (Å²) in [5.74, 6) is 2.25. The van der Waals surface area contributed by atoms with E-state index in [9.17, 15) is 9.59 Å². The SMILES string of the molecule is O=C(NOCc1ccccc1)c1ccc(CNC(=O)C23CC4CC(CC(C4)C2)C3)cc1. The number of nitrogens with one attached hydrogen (secondary N) is 2. The Labute approximate surface area is 183 Å². The molecule has 0 saturated heterocycles. The number of benzene rings is 2. The largest absolute Gasteiger partial charge is 0.352 e. The second-order valence-electron chi connectivity index (χ2n) is 9.78. The first-order valence-electron chi connectivity index (χ1n) is 11.4. The van der Waals surface area contributed by atoms with Crippen molar-refractivity contribution in [3.8, 4) is 0 Å². The average molecular weight is 419 g/mol. The lowest BCUT2D eigenvalue weighted by molar-refractivity contribution is -0.146. The fourth-order valence-electron chi connectivity index (χ4n) is 6.35. The Kier molecular flexibility index (Phi) is 5.53. The zero-order valence-corrected chi connectivity index (χ0v) is 17.8. The molecule has 2 aromatic carbocycles. The predicted molar refractivity (Wildman–Crippen MR) is 118 cm³/mol. The van der Waals surface area contributed by atoms with Gasteiger partial charge in [0.2, 0.25) is 5.91 Å². The molecule has 0 unspecified atom stereocenters. The summed E-state index contributed by atoms with van der Waals surface area (Å²) >= 11 is 0. The summed E-state index contributed by atoms with van der Waals surface area (Å²) in [5.41, 5.74) is 4.89. The van der Waals surface area contributed by atoms with Crippen LogP contribution in [0.1, 0.15) is 60.0 Å². The third-order valence-electron chi connectivity index (χ3n) is 7.44. The van der Waals surface area contributed by atoms with Crippen LogP contribution in [-0.2, 0) is 22.8 Å². The molecular weight excluding hydrogens is 388 g/mol. The minimum atomic E-state index is -0.278. The lowest BCUT2D eigenvalue weighted by Crippen LogP contribution is -2.53. The summed E-state index contributed by atoms with van der Waals surface area (Å²) in [6, 6.07) is 17.0. The Morgan fingerprint density at radius 2 is 1.45 bits per heavy atom. The molecule has 0 spiro atoms. The molecule has 0 aromatic heterocycles. The van der Waals surface area contributed by atoms with E-state index in [1.54, 1.807) is 12.1 Å². The molecule has 0 atom stereocenters. The summed E-state index contributed by atoms with van der Waals surface area (Å²) < 4.78 is 0. The van der Waals surface area contributed by atoms with E-state index in [2.05, 4.69) is 10.8 Å². The third-order valence-corrected chi connectivity index (χ3v) is 7.44. The highest BCUT2D eigenvalue weighted by Crippen LogP contribution is 2.60. The highest BCUT2D eigenvalue weighted by atomic mass is 16.6. The normalized spacial score (nSPS) is 28.3. The first-order valence-corrected chi connectivity index (χ1v) is 11.4. The molecular formula is C26H30N2O3. The Bertz CT molecular complexity index is 904. The second-order valence-corrected chi connectivity index (χ2v) is 9.78. The van der Waals surface area contributed by atoms with Gasteiger partial charge in [0.05, 0.1) is 6.61 Å². The molecule has 0 heterocycles. The van der Waals surface area contributed by atoms with E-state index in [1.807, 2.05) is 42.5 Å². The van der Waals surface area contributed by atoms with Crippen molar-refractivity contribution in [2.45, 2.75) is 51.7 Å². The maximum atomic E-state index is 13.1. The van der Waals surface area contributed by atoms with Crippen molar-refractivity contribution in [2.75, 3.05) is 0 Å².